The Kier molecular flexibility index (Phi) is 5.17. The number of halogens is 4. The van der Waals surface area contributed by atoms with Crippen LogP contribution in [0.3, 0.4) is 0 Å². The smallest absolute Gasteiger partial charge is 0.238 e. The Hall–Kier alpha value is -1.08. The summed E-state index contributed by atoms with van der Waals surface area (Å²) in [4.78, 5) is 3.97. The van der Waals surface area contributed by atoms with E-state index < -0.39 is 21.6 Å². The highest BCUT2D eigenvalue weighted by atomic mass is 35.5. The highest BCUT2D eigenvalue weighted by Gasteiger charge is 2.18. The molecule has 9 heteroatoms. The number of anilines is 1. The molecule has 0 amide bonds. The summed E-state index contributed by atoms with van der Waals surface area (Å²) in [7, 11) is -3.92. The van der Waals surface area contributed by atoms with E-state index in [9.17, 15) is 12.8 Å². The SMILES string of the molecule is Cc1nc(NS(=O)(=O)Cc2cc(Cl)ccc2F)c(Cl)cc1Cl. The molecular formula is C13H10Cl3FN2O2S. The Morgan fingerprint density at radius 2 is 1.86 bits per heavy atom. The maximum atomic E-state index is 13.6. The molecule has 0 bridgehead atoms. The first-order valence-corrected chi connectivity index (χ1v) is 8.73. The van der Waals surface area contributed by atoms with E-state index in [1.54, 1.807) is 6.92 Å². The third-order valence-electron chi connectivity index (χ3n) is 2.71. The zero-order valence-electron chi connectivity index (χ0n) is 11.2. The summed E-state index contributed by atoms with van der Waals surface area (Å²) in [5, 5.41) is 0.602. The predicted molar refractivity (Wildman–Crippen MR) is 86.7 cm³/mol. The van der Waals surface area contributed by atoms with Gasteiger partial charge in [-0.3, -0.25) is 4.72 Å². The molecule has 1 heterocycles. The number of aryl methyl sites for hydroxylation is 1. The Morgan fingerprint density at radius 3 is 2.55 bits per heavy atom. The summed E-state index contributed by atoms with van der Waals surface area (Å²) >= 11 is 17.5. The first kappa shape index (κ1) is 17.3. The number of aromatic nitrogens is 1. The number of sulfonamides is 1. The van der Waals surface area contributed by atoms with Crippen LogP contribution in [0, 0.1) is 12.7 Å². The van der Waals surface area contributed by atoms with Gasteiger partial charge in [0.15, 0.2) is 5.82 Å². The summed E-state index contributed by atoms with van der Waals surface area (Å²) in [6, 6.07) is 5.06. The molecule has 0 aliphatic heterocycles. The van der Waals surface area contributed by atoms with Gasteiger partial charge in [0.2, 0.25) is 10.0 Å². The van der Waals surface area contributed by atoms with E-state index in [0.717, 1.165) is 6.07 Å². The summed E-state index contributed by atoms with van der Waals surface area (Å²) in [5.74, 6) is -1.33. The van der Waals surface area contributed by atoms with Crippen molar-refractivity contribution in [1.82, 2.24) is 4.98 Å². The van der Waals surface area contributed by atoms with Crippen LogP contribution in [-0.4, -0.2) is 13.4 Å². The molecule has 22 heavy (non-hydrogen) atoms. The van der Waals surface area contributed by atoms with Gasteiger partial charge in [0, 0.05) is 10.6 Å². The molecule has 0 spiro atoms. The Labute approximate surface area is 142 Å². The van der Waals surface area contributed by atoms with Crippen molar-refractivity contribution in [3.63, 3.8) is 0 Å². The number of nitrogens with zero attached hydrogens (tertiary/aromatic N) is 1. The first-order chi connectivity index (χ1) is 10.2. The minimum atomic E-state index is -3.92. The molecule has 1 N–H and O–H groups in total. The number of hydrogen-bond acceptors (Lipinski definition) is 3. The Balaban J connectivity index is 2.29. The molecule has 1 aromatic carbocycles. The predicted octanol–water partition coefficient (Wildman–Crippen LogP) is 4.43. The minimum absolute atomic E-state index is 0.0470. The van der Waals surface area contributed by atoms with Gasteiger partial charge in [0.1, 0.15) is 5.82 Å². The lowest BCUT2D eigenvalue weighted by atomic mass is 10.2. The highest BCUT2D eigenvalue weighted by Crippen LogP contribution is 2.27. The number of rotatable bonds is 4. The number of pyridine rings is 1. The van der Waals surface area contributed by atoms with Crippen molar-refractivity contribution in [2.75, 3.05) is 4.72 Å². The van der Waals surface area contributed by atoms with Gasteiger partial charge in [-0.25, -0.2) is 17.8 Å². The number of benzene rings is 1. The Bertz CT molecular complexity index is 828. The maximum Gasteiger partial charge on any atom is 0.238 e. The molecule has 4 nitrogen and oxygen atoms in total. The van der Waals surface area contributed by atoms with Crippen LogP contribution < -0.4 is 4.72 Å². The van der Waals surface area contributed by atoms with Crippen LogP contribution >= 0.6 is 34.8 Å². The normalized spacial score (nSPS) is 11.5. The van der Waals surface area contributed by atoms with Gasteiger partial charge in [0.25, 0.3) is 0 Å². The second-order valence-corrected chi connectivity index (χ2v) is 7.46. The molecule has 0 saturated carbocycles. The second-order valence-electron chi connectivity index (χ2n) is 4.48. The highest BCUT2D eigenvalue weighted by molar-refractivity contribution is 7.91. The summed E-state index contributed by atoms with van der Waals surface area (Å²) in [6.45, 7) is 1.60. The topological polar surface area (TPSA) is 59.1 Å². The fourth-order valence-corrected chi connectivity index (χ4v) is 3.48. The maximum absolute atomic E-state index is 13.6. The van der Waals surface area contributed by atoms with Crippen LogP contribution in [0.15, 0.2) is 24.3 Å². The average molecular weight is 384 g/mol. The van der Waals surface area contributed by atoms with Gasteiger partial charge in [-0.1, -0.05) is 34.8 Å². The lowest BCUT2D eigenvalue weighted by Gasteiger charge is -2.11. The molecule has 0 aliphatic carbocycles. The van der Waals surface area contributed by atoms with Crippen molar-refractivity contribution in [2.24, 2.45) is 0 Å². The van der Waals surface area contributed by atoms with Crippen LogP contribution in [0.5, 0.6) is 0 Å². The number of nitrogens with one attached hydrogen (secondary N) is 1. The summed E-state index contributed by atoms with van der Waals surface area (Å²) < 4.78 is 40.1. The van der Waals surface area contributed by atoms with E-state index in [1.165, 1.54) is 18.2 Å². The van der Waals surface area contributed by atoms with Crippen LogP contribution in [0.2, 0.25) is 15.1 Å². The molecule has 2 aromatic rings. The van der Waals surface area contributed by atoms with Crippen LogP contribution in [0.25, 0.3) is 0 Å². The molecule has 118 valence electrons. The molecule has 0 aliphatic rings. The molecule has 0 radical (unpaired) electrons. The summed E-state index contributed by atoms with van der Waals surface area (Å²) in [5.41, 5.74) is 0.361. The van der Waals surface area contributed by atoms with Crippen LogP contribution in [0.1, 0.15) is 11.3 Å². The van der Waals surface area contributed by atoms with Crippen molar-refractivity contribution in [1.29, 1.82) is 0 Å². The van der Waals surface area contributed by atoms with Crippen molar-refractivity contribution < 1.29 is 12.8 Å². The molecule has 0 fully saturated rings. The monoisotopic (exact) mass is 382 g/mol. The number of hydrogen-bond donors (Lipinski definition) is 1. The first-order valence-electron chi connectivity index (χ1n) is 5.95. The van der Waals surface area contributed by atoms with Gasteiger partial charge in [-0.05, 0) is 31.2 Å². The van der Waals surface area contributed by atoms with Gasteiger partial charge in [-0.2, -0.15) is 0 Å². The zero-order chi connectivity index (χ0) is 16.5. The van der Waals surface area contributed by atoms with E-state index in [-0.39, 0.29) is 21.4 Å². The Morgan fingerprint density at radius 1 is 1.18 bits per heavy atom. The van der Waals surface area contributed by atoms with Crippen LogP contribution in [0.4, 0.5) is 10.2 Å². The van der Waals surface area contributed by atoms with Crippen molar-refractivity contribution >= 4 is 50.6 Å². The van der Waals surface area contributed by atoms with Gasteiger partial charge < -0.3 is 0 Å². The van der Waals surface area contributed by atoms with Crippen molar-refractivity contribution in [2.45, 2.75) is 12.7 Å². The molecule has 0 unspecified atom stereocenters. The summed E-state index contributed by atoms with van der Waals surface area (Å²) in [6.07, 6.45) is 0. The second kappa shape index (κ2) is 6.58. The standard InChI is InChI=1S/C13H10Cl3FN2O2S/c1-7-10(15)5-11(16)13(18-7)19-22(20,21)6-8-4-9(14)2-3-12(8)17/h2-5H,6H2,1H3,(H,18,19). The molecule has 1 aromatic heterocycles. The third-order valence-corrected chi connectivity index (χ3v) is 4.81. The molecule has 0 atom stereocenters. The molecule has 0 saturated heterocycles. The van der Waals surface area contributed by atoms with Crippen molar-refractivity contribution in [3.05, 3.63) is 56.4 Å². The van der Waals surface area contributed by atoms with Gasteiger partial charge >= 0.3 is 0 Å². The van der Waals surface area contributed by atoms with E-state index in [0.29, 0.717) is 10.7 Å². The van der Waals surface area contributed by atoms with E-state index in [4.69, 9.17) is 34.8 Å². The van der Waals surface area contributed by atoms with Gasteiger partial charge in [0.05, 0.1) is 21.5 Å². The van der Waals surface area contributed by atoms with E-state index >= 15 is 0 Å². The van der Waals surface area contributed by atoms with E-state index in [1.807, 2.05) is 0 Å². The molecule has 2 rings (SSSR count). The minimum Gasteiger partial charge on any atom is -0.266 e. The fourth-order valence-electron chi connectivity index (χ4n) is 1.67. The van der Waals surface area contributed by atoms with Crippen molar-refractivity contribution in [3.8, 4) is 0 Å². The lowest BCUT2D eigenvalue weighted by Crippen LogP contribution is -2.17. The third kappa shape index (κ3) is 4.23. The average Bonchev–Trinajstić information content (AvgIpc) is 2.39. The quantitative estimate of drug-likeness (QED) is 0.849. The molecular weight excluding hydrogens is 374 g/mol. The lowest BCUT2D eigenvalue weighted by molar-refractivity contribution is 0.591. The van der Waals surface area contributed by atoms with Crippen LogP contribution in [-0.2, 0) is 15.8 Å². The zero-order valence-corrected chi connectivity index (χ0v) is 14.3. The van der Waals surface area contributed by atoms with Gasteiger partial charge in [-0.15, -0.1) is 0 Å². The largest absolute Gasteiger partial charge is 0.266 e. The fraction of sp³-hybridized carbons (Fsp3) is 0.154. The van der Waals surface area contributed by atoms with E-state index in [2.05, 4.69) is 9.71 Å².